The molecular formula is C11H12FNO5S. The predicted molar refractivity (Wildman–Crippen MR) is 67.2 cm³/mol. The summed E-state index contributed by atoms with van der Waals surface area (Å²) in [4.78, 5) is 20.6. The van der Waals surface area contributed by atoms with Gasteiger partial charge in [-0.3, -0.25) is 14.9 Å². The number of rotatable bonds is 5. The standard InChI is InChI=1S/C11H12FNO5S/c1-6(14)19-5-10(15)11(16)8-4-7(13(17)18)2-3-9(8)12/h2-4,10-11,15-16H,5H2,1H3. The second kappa shape index (κ2) is 6.60. The smallest absolute Gasteiger partial charge is 0.270 e. The average Bonchev–Trinajstić information content (AvgIpc) is 2.35. The van der Waals surface area contributed by atoms with E-state index < -0.39 is 22.9 Å². The highest BCUT2D eigenvalue weighted by Crippen LogP contribution is 2.26. The van der Waals surface area contributed by atoms with Crippen LogP contribution in [-0.4, -0.2) is 32.1 Å². The van der Waals surface area contributed by atoms with Crippen LogP contribution in [0.2, 0.25) is 0 Å². The van der Waals surface area contributed by atoms with Crippen molar-refractivity contribution >= 4 is 22.6 Å². The zero-order valence-corrected chi connectivity index (χ0v) is 10.8. The van der Waals surface area contributed by atoms with E-state index in [1.807, 2.05) is 0 Å². The first-order chi connectivity index (χ1) is 8.82. The minimum Gasteiger partial charge on any atom is -0.389 e. The van der Waals surface area contributed by atoms with Crippen molar-refractivity contribution < 1.29 is 24.3 Å². The third kappa shape index (κ3) is 4.27. The van der Waals surface area contributed by atoms with Crippen LogP contribution in [0.3, 0.4) is 0 Å². The number of nitro benzene ring substituents is 1. The number of benzene rings is 1. The second-order valence-corrected chi connectivity index (χ2v) is 4.97. The molecule has 0 radical (unpaired) electrons. The number of carbonyl (C=O) groups is 1. The Morgan fingerprint density at radius 2 is 2.16 bits per heavy atom. The van der Waals surface area contributed by atoms with E-state index in [4.69, 9.17) is 0 Å². The van der Waals surface area contributed by atoms with E-state index in [0.29, 0.717) is 0 Å². The summed E-state index contributed by atoms with van der Waals surface area (Å²) in [6, 6.07) is 2.67. The van der Waals surface area contributed by atoms with Gasteiger partial charge in [0, 0.05) is 30.4 Å². The molecule has 2 unspecified atom stereocenters. The van der Waals surface area contributed by atoms with Crippen LogP contribution in [0, 0.1) is 15.9 Å². The fourth-order valence-corrected chi connectivity index (χ4v) is 1.96. The van der Waals surface area contributed by atoms with Gasteiger partial charge in [-0.1, -0.05) is 11.8 Å². The molecule has 0 saturated carbocycles. The number of nitrogens with zero attached hydrogens (tertiary/aromatic N) is 1. The summed E-state index contributed by atoms with van der Waals surface area (Å²) >= 11 is 0.773. The third-order valence-corrected chi connectivity index (χ3v) is 3.25. The summed E-state index contributed by atoms with van der Waals surface area (Å²) in [6.07, 6.45) is -3.03. The van der Waals surface area contributed by atoms with E-state index in [-0.39, 0.29) is 22.1 Å². The number of hydrogen-bond acceptors (Lipinski definition) is 6. The van der Waals surface area contributed by atoms with Crippen LogP contribution in [0.1, 0.15) is 18.6 Å². The minimum absolute atomic E-state index is 0.126. The molecule has 19 heavy (non-hydrogen) atoms. The molecule has 0 aromatic heterocycles. The lowest BCUT2D eigenvalue weighted by molar-refractivity contribution is -0.385. The van der Waals surface area contributed by atoms with Crippen molar-refractivity contribution in [1.82, 2.24) is 0 Å². The molecule has 0 fully saturated rings. The molecule has 104 valence electrons. The van der Waals surface area contributed by atoms with Gasteiger partial charge in [0.2, 0.25) is 0 Å². The highest BCUT2D eigenvalue weighted by Gasteiger charge is 2.24. The summed E-state index contributed by atoms with van der Waals surface area (Å²) in [5.41, 5.74) is -0.757. The summed E-state index contributed by atoms with van der Waals surface area (Å²) in [7, 11) is 0. The number of nitro groups is 1. The van der Waals surface area contributed by atoms with Gasteiger partial charge in [0.1, 0.15) is 11.9 Å². The van der Waals surface area contributed by atoms with Gasteiger partial charge in [-0.2, -0.15) is 0 Å². The zero-order valence-electron chi connectivity index (χ0n) is 9.95. The first-order valence-corrected chi connectivity index (χ1v) is 6.24. The maximum Gasteiger partial charge on any atom is 0.270 e. The molecule has 0 amide bonds. The van der Waals surface area contributed by atoms with Crippen molar-refractivity contribution in [1.29, 1.82) is 0 Å². The molecule has 6 nitrogen and oxygen atoms in total. The molecule has 0 spiro atoms. The second-order valence-electron chi connectivity index (χ2n) is 3.78. The molecule has 0 aliphatic rings. The Hall–Kier alpha value is -1.51. The number of hydrogen-bond donors (Lipinski definition) is 2. The van der Waals surface area contributed by atoms with Crippen molar-refractivity contribution in [3.05, 3.63) is 39.7 Å². The molecule has 0 bridgehead atoms. The molecule has 1 aromatic rings. The number of non-ortho nitro benzene ring substituents is 1. The van der Waals surface area contributed by atoms with Crippen molar-refractivity contribution in [2.75, 3.05) is 5.75 Å². The Kier molecular flexibility index (Phi) is 5.40. The van der Waals surface area contributed by atoms with Crippen LogP contribution in [0.4, 0.5) is 10.1 Å². The fourth-order valence-electron chi connectivity index (χ4n) is 1.37. The monoisotopic (exact) mass is 289 g/mol. The van der Waals surface area contributed by atoms with Gasteiger partial charge < -0.3 is 10.2 Å². The Morgan fingerprint density at radius 1 is 1.53 bits per heavy atom. The first-order valence-electron chi connectivity index (χ1n) is 5.26. The largest absolute Gasteiger partial charge is 0.389 e. The molecule has 0 heterocycles. The van der Waals surface area contributed by atoms with Crippen molar-refractivity contribution in [3.63, 3.8) is 0 Å². The van der Waals surface area contributed by atoms with E-state index in [9.17, 15) is 29.5 Å². The van der Waals surface area contributed by atoms with E-state index >= 15 is 0 Å². The van der Waals surface area contributed by atoms with Crippen LogP contribution in [0.5, 0.6) is 0 Å². The Labute approximate surface area is 112 Å². The van der Waals surface area contributed by atoms with E-state index in [1.54, 1.807) is 0 Å². The minimum atomic E-state index is -1.63. The lowest BCUT2D eigenvalue weighted by Gasteiger charge is -2.17. The Balaban J connectivity index is 2.91. The van der Waals surface area contributed by atoms with Gasteiger partial charge in [0.25, 0.3) is 5.69 Å². The van der Waals surface area contributed by atoms with Crippen LogP contribution >= 0.6 is 11.8 Å². The van der Waals surface area contributed by atoms with Crippen LogP contribution in [0.15, 0.2) is 18.2 Å². The van der Waals surface area contributed by atoms with Gasteiger partial charge in [0.05, 0.1) is 11.0 Å². The van der Waals surface area contributed by atoms with Gasteiger partial charge in [-0.25, -0.2) is 4.39 Å². The molecule has 1 aromatic carbocycles. The van der Waals surface area contributed by atoms with E-state index in [0.717, 1.165) is 30.0 Å². The van der Waals surface area contributed by atoms with Crippen molar-refractivity contribution in [3.8, 4) is 0 Å². The summed E-state index contributed by atoms with van der Waals surface area (Å²) < 4.78 is 13.5. The SMILES string of the molecule is CC(=O)SCC(O)C(O)c1cc([N+](=O)[O-])ccc1F. The molecule has 2 N–H and O–H groups in total. The van der Waals surface area contributed by atoms with Gasteiger partial charge >= 0.3 is 0 Å². The summed E-state index contributed by atoms with van der Waals surface area (Å²) in [5, 5.41) is 29.7. The molecule has 0 aliphatic heterocycles. The van der Waals surface area contributed by atoms with Gasteiger partial charge in [0.15, 0.2) is 5.12 Å². The molecule has 0 aliphatic carbocycles. The Morgan fingerprint density at radius 3 is 2.68 bits per heavy atom. The first kappa shape index (κ1) is 15.5. The number of halogens is 1. The van der Waals surface area contributed by atoms with E-state index in [1.165, 1.54) is 6.92 Å². The lowest BCUT2D eigenvalue weighted by Crippen LogP contribution is -2.22. The predicted octanol–water partition coefficient (Wildman–Crippen LogP) is 1.41. The average molecular weight is 289 g/mol. The summed E-state index contributed by atoms with van der Waals surface area (Å²) in [5.74, 6) is -0.983. The van der Waals surface area contributed by atoms with Gasteiger partial charge in [-0.15, -0.1) is 0 Å². The number of aliphatic hydroxyl groups is 2. The topological polar surface area (TPSA) is 101 Å². The van der Waals surface area contributed by atoms with Crippen LogP contribution in [0.25, 0.3) is 0 Å². The molecule has 1 rings (SSSR count). The molecular weight excluding hydrogens is 277 g/mol. The normalized spacial score (nSPS) is 13.9. The third-order valence-electron chi connectivity index (χ3n) is 2.33. The quantitative estimate of drug-likeness (QED) is 0.628. The molecule has 8 heteroatoms. The number of carbonyl (C=O) groups excluding carboxylic acids is 1. The van der Waals surface area contributed by atoms with Crippen LogP contribution < -0.4 is 0 Å². The maximum absolute atomic E-state index is 13.5. The highest BCUT2D eigenvalue weighted by molar-refractivity contribution is 8.13. The lowest BCUT2D eigenvalue weighted by atomic mass is 10.0. The highest BCUT2D eigenvalue weighted by atomic mass is 32.2. The van der Waals surface area contributed by atoms with Crippen molar-refractivity contribution in [2.45, 2.75) is 19.1 Å². The molecule has 0 saturated heterocycles. The molecule has 2 atom stereocenters. The summed E-state index contributed by atoms with van der Waals surface area (Å²) in [6.45, 7) is 1.29. The van der Waals surface area contributed by atoms with Crippen molar-refractivity contribution in [2.24, 2.45) is 0 Å². The Bertz CT molecular complexity index is 496. The van der Waals surface area contributed by atoms with Crippen LogP contribution in [-0.2, 0) is 4.79 Å². The fraction of sp³-hybridized carbons (Fsp3) is 0.364. The van der Waals surface area contributed by atoms with Gasteiger partial charge in [-0.05, 0) is 6.07 Å². The van der Waals surface area contributed by atoms with E-state index in [2.05, 4.69) is 0 Å². The number of thioether (sulfide) groups is 1. The number of aliphatic hydroxyl groups excluding tert-OH is 2. The zero-order chi connectivity index (χ0) is 14.6. The maximum atomic E-state index is 13.5.